The molecule has 10 atom stereocenters. The zero-order chi connectivity index (χ0) is 21.4. The number of carbonyl (C=O) groups is 1. The summed E-state index contributed by atoms with van der Waals surface area (Å²) in [6.45, 7) is -0.871. The van der Waals surface area contributed by atoms with Crippen LogP contribution < -0.4 is 4.72 Å². The van der Waals surface area contributed by atoms with E-state index in [2.05, 4.69) is 4.74 Å². The van der Waals surface area contributed by atoms with Gasteiger partial charge < -0.3 is 50.0 Å². The molecular weight excluding hydrogens is 414 g/mol. The Bertz CT molecular complexity index is 659. The number of aliphatic hydroxyl groups excluding tert-OH is 6. The van der Waals surface area contributed by atoms with Crippen molar-refractivity contribution in [2.24, 2.45) is 0 Å². The van der Waals surface area contributed by atoms with Crippen LogP contribution in [0.4, 0.5) is 0 Å². The Kier molecular flexibility index (Phi) is 7.29. The molecule has 9 N–H and O–H groups in total. The predicted octanol–water partition coefficient (Wildman–Crippen LogP) is -5.90. The first-order valence-electron chi connectivity index (χ1n) is 7.82. The first-order chi connectivity index (χ1) is 12.9. The lowest BCUT2D eigenvalue weighted by atomic mass is 9.96. The maximum absolute atomic E-state index is 11.3. The molecule has 0 bridgehead atoms. The second-order valence-corrected chi connectivity index (χ2v) is 7.38. The smallest absolute Gasteiger partial charge is 0.335 e. The maximum Gasteiger partial charge on any atom is 0.335 e. The normalized spacial score (nSPS) is 45.0. The Balaban J connectivity index is 2.32. The maximum atomic E-state index is 11.3. The average molecular weight is 435 g/mol. The van der Waals surface area contributed by atoms with Crippen LogP contribution in [0.15, 0.2) is 0 Å². The first kappa shape index (κ1) is 23.3. The molecule has 0 aromatic heterocycles. The molecule has 0 spiro atoms. The van der Waals surface area contributed by atoms with Crippen molar-refractivity contribution in [3.63, 3.8) is 0 Å². The van der Waals surface area contributed by atoms with E-state index in [9.17, 15) is 49.0 Å². The summed E-state index contributed by atoms with van der Waals surface area (Å²) in [7, 11) is -4.98. The predicted molar refractivity (Wildman–Crippen MR) is 81.6 cm³/mol. The summed E-state index contributed by atoms with van der Waals surface area (Å²) in [4.78, 5) is 11.3. The molecule has 2 heterocycles. The molecule has 164 valence electrons. The fraction of sp³-hybridized carbons (Fsp3) is 0.917. The van der Waals surface area contributed by atoms with Crippen LogP contribution >= 0.6 is 0 Å². The van der Waals surface area contributed by atoms with Crippen LogP contribution in [0.1, 0.15) is 0 Å². The highest BCUT2D eigenvalue weighted by molar-refractivity contribution is 7.83. The second-order valence-electron chi connectivity index (χ2n) is 6.19. The van der Waals surface area contributed by atoms with Crippen molar-refractivity contribution in [1.29, 1.82) is 0 Å². The highest BCUT2D eigenvalue weighted by Crippen LogP contribution is 2.29. The number of hydrogen-bond donors (Lipinski definition) is 9. The molecule has 0 radical (unpaired) electrons. The van der Waals surface area contributed by atoms with Crippen LogP contribution in [0, 0.1) is 0 Å². The Labute approximate surface area is 157 Å². The van der Waals surface area contributed by atoms with Gasteiger partial charge in [-0.15, -0.1) is 0 Å². The van der Waals surface area contributed by atoms with E-state index in [0.29, 0.717) is 0 Å². The van der Waals surface area contributed by atoms with Crippen LogP contribution in [0.5, 0.6) is 0 Å². The van der Waals surface area contributed by atoms with Crippen LogP contribution in [0.25, 0.3) is 0 Å². The minimum absolute atomic E-state index is 0.871. The van der Waals surface area contributed by atoms with Crippen LogP contribution in [0.2, 0.25) is 0 Å². The molecule has 0 saturated carbocycles. The monoisotopic (exact) mass is 435 g/mol. The molecule has 1 unspecified atom stereocenters. The molecule has 28 heavy (non-hydrogen) atoms. The molecule has 0 aromatic rings. The van der Waals surface area contributed by atoms with Gasteiger partial charge in [0, 0.05) is 0 Å². The third kappa shape index (κ3) is 4.93. The number of nitrogens with one attached hydrogen (secondary N) is 1. The van der Waals surface area contributed by atoms with Gasteiger partial charge in [-0.2, -0.15) is 13.1 Å². The minimum atomic E-state index is -4.98. The standard InChI is InChI=1S/C12H21NO14S/c14-1-2-4(15)5(16)3(13-28(22,23)24)12(25-2)27-8-6(17)7(18)11(21)26-9(8)10(19)20/h2-9,11-18,21H,1H2,(H,19,20)(H,22,23,24)/t2-,3-,4-,5-,6-,7-,8+,9-,11?,12-/m1/s1. The molecule has 2 saturated heterocycles. The second kappa shape index (κ2) is 8.78. The van der Waals surface area contributed by atoms with Crippen molar-refractivity contribution in [3.05, 3.63) is 0 Å². The van der Waals surface area contributed by atoms with E-state index in [0.717, 1.165) is 0 Å². The number of hydrogen-bond acceptors (Lipinski definition) is 12. The number of aliphatic hydroxyl groups is 6. The zero-order valence-corrected chi connectivity index (χ0v) is 14.7. The Morgan fingerprint density at radius 1 is 1.00 bits per heavy atom. The lowest BCUT2D eigenvalue weighted by Gasteiger charge is -2.45. The van der Waals surface area contributed by atoms with E-state index in [1.165, 1.54) is 4.72 Å². The molecule has 0 aliphatic carbocycles. The summed E-state index contributed by atoms with van der Waals surface area (Å²) in [6.07, 6.45) is -17.5. The van der Waals surface area contributed by atoms with Crippen molar-refractivity contribution < 1.29 is 67.7 Å². The van der Waals surface area contributed by atoms with E-state index in [1.807, 2.05) is 0 Å². The third-order valence-corrected chi connectivity index (χ3v) is 4.83. The zero-order valence-electron chi connectivity index (χ0n) is 13.9. The summed E-state index contributed by atoms with van der Waals surface area (Å²) in [6, 6.07) is -1.92. The molecular formula is C12H21NO14S. The van der Waals surface area contributed by atoms with Gasteiger partial charge in [0.2, 0.25) is 0 Å². The van der Waals surface area contributed by atoms with Gasteiger partial charge in [-0.1, -0.05) is 0 Å². The third-order valence-electron chi connectivity index (χ3n) is 4.26. The number of aliphatic carboxylic acids is 1. The number of rotatable bonds is 6. The summed E-state index contributed by atoms with van der Waals surface area (Å²) < 4.78 is 47.6. The lowest BCUT2D eigenvalue weighted by Crippen LogP contribution is -2.68. The van der Waals surface area contributed by atoms with Crippen molar-refractivity contribution in [3.8, 4) is 0 Å². The molecule has 2 aliphatic heterocycles. The molecule has 2 fully saturated rings. The minimum Gasteiger partial charge on any atom is -0.479 e. The summed E-state index contributed by atoms with van der Waals surface area (Å²) in [5.41, 5.74) is 0. The van der Waals surface area contributed by atoms with Gasteiger partial charge in [0.25, 0.3) is 0 Å². The van der Waals surface area contributed by atoms with Crippen molar-refractivity contribution >= 4 is 16.3 Å². The van der Waals surface area contributed by atoms with Gasteiger partial charge >= 0.3 is 16.3 Å². The quantitative estimate of drug-likeness (QED) is 0.176. The average Bonchev–Trinajstić information content (AvgIpc) is 2.59. The summed E-state index contributed by atoms with van der Waals surface area (Å²) in [5, 5.41) is 67.5. The Morgan fingerprint density at radius 3 is 2.11 bits per heavy atom. The fourth-order valence-corrected chi connectivity index (χ4v) is 3.45. The topological polar surface area (TPSA) is 253 Å². The molecule has 2 aliphatic rings. The highest BCUT2D eigenvalue weighted by atomic mass is 32.2. The molecule has 16 heteroatoms. The first-order valence-corrected chi connectivity index (χ1v) is 9.26. The van der Waals surface area contributed by atoms with Crippen molar-refractivity contribution in [2.75, 3.05) is 6.61 Å². The molecule has 0 aromatic carbocycles. The van der Waals surface area contributed by atoms with Gasteiger partial charge in [0.1, 0.15) is 42.7 Å². The van der Waals surface area contributed by atoms with Crippen molar-refractivity contribution in [2.45, 2.75) is 61.3 Å². The van der Waals surface area contributed by atoms with Crippen LogP contribution in [-0.2, 0) is 29.3 Å². The number of ether oxygens (including phenoxy) is 3. The van der Waals surface area contributed by atoms with E-state index in [4.69, 9.17) is 14.0 Å². The SMILES string of the molecule is O=C(O)[C@@H]1OC(O)[C@H](O)[C@@H](O)[C@@H]1O[C@H]1O[C@H](CO)[C@@H](O)[C@H](O)[C@H]1NS(=O)(=O)O. The van der Waals surface area contributed by atoms with E-state index in [1.54, 1.807) is 0 Å². The summed E-state index contributed by atoms with van der Waals surface area (Å²) >= 11 is 0. The largest absolute Gasteiger partial charge is 0.479 e. The number of carboxylic acids is 1. The van der Waals surface area contributed by atoms with E-state index >= 15 is 0 Å². The molecule has 0 amide bonds. The molecule has 15 nitrogen and oxygen atoms in total. The summed E-state index contributed by atoms with van der Waals surface area (Å²) in [5.74, 6) is -1.73. The Hall–Kier alpha value is -1.02. The fourth-order valence-electron chi connectivity index (χ4n) is 2.85. The molecule has 2 rings (SSSR count). The van der Waals surface area contributed by atoms with Gasteiger partial charge in [-0.25, -0.2) is 4.79 Å². The van der Waals surface area contributed by atoms with E-state index in [-0.39, 0.29) is 0 Å². The highest BCUT2D eigenvalue weighted by Gasteiger charge is 2.53. The van der Waals surface area contributed by atoms with Gasteiger partial charge in [0.05, 0.1) is 6.61 Å². The lowest BCUT2D eigenvalue weighted by molar-refractivity contribution is -0.334. The van der Waals surface area contributed by atoms with Crippen molar-refractivity contribution in [1.82, 2.24) is 4.72 Å². The van der Waals surface area contributed by atoms with Crippen LogP contribution in [0.3, 0.4) is 0 Å². The number of carboxylic acid groups (broad SMARTS) is 1. The van der Waals surface area contributed by atoms with Gasteiger partial charge in [-0.3, -0.25) is 4.55 Å². The van der Waals surface area contributed by atoms with Gasteiger partial charge in [0.15, 0.2) is 18.7 Å². The van der Waals surface area contributed by atoms with E-state index < -0.39 is 84.2 Å². The van der Waals surface area contributed by atoms with Crippen LogP contribution in [-0.4, -0.2) is 123 Å². The Morgan fingerprint density at radius 2 is 1.61 bits per heavy atom. The van der Waals surface area contributed by atoms with Gasteiger partial charge in [-0.05, 0) is 0 Å².